The largest absolute Gasteiger partial charge is 0.501 e. The molecule has 82 valence electrons. The van der Waals surface area contributed by atoms with E-state index < -0.39 is 17.3 Å². The fraction of sp³-hybridized carbons (Fsp3) is 0.100. The van der Waals surface area contributed by atoms with E-state index in [0.717, 1.165) is 11.5 Å². The predicted molar refractivity (Wildman–Crippen MR) is 54.5 cm³/mol. The lowest BCUT2D eigenvalue weighted by molar-refractivity contribution is 0.0590. The third-order valence-corrected chi connectivity index (χ3v) is 2.09. The van der Waals surface area contributed by atoms with Gasteiger partial charge in [-0.15, -0.1) is 0 Å². The van der Waals surface area contributed by atoms with E-state index in [1.54, 1.807) is 18.2 Å². The molecule has 0 unspecified atom stereocenters. The van der Waals surface area contributed by atoms with Crippen LogP contribution >= 0.6 is 0 Å². The Morgan fingerprint density at radius 1 is 1.50 bits per heavy atom. The summed E-state index contributed by atoms with van der Waals surface area (Å²) >= 11 is 0. The summed E-state index contributed by atoms with van der Waals surface area (Å²) in [5.41, 5.74) is -0.810. The van der Waals surface area contributed by atoms with Crippen LogP contribution in [0, 0.1) is 0 Å². The van der Waals surface area contributed by atoms with Crippen LogP contribution in [-0.4, -0.2) is 27.6 Å². The highest BCUT2D eigenvalue weighted by Crippen LogP contribution is 2.11. The van der Waals surface area contributed by atoms with E-state index in [2.05, 4.69) is 9.72 Å². The summed E-state index contributed by atoms with van der Waals surface area (Å²) < 4.78 is 5.55. The molecule has 16 heavy (non-hydrogen) atoms. The number of hydrogen-bond acceptors (Lipinski definition) is 5. The number of rotatable bonds is 1. The van der Waals surface area contributed by atoms with Crippen molar-refractivity contribution in [3.8, 4) is 5.75 Å². The minimum absolute atomic E-state index is 0.269. The van der Waals surface area contributed by atoms with Crippen LogP contribution in [0.5, 0.6) is 5.75 Å². The zero-order valence-electron chi connectivity index (χ0n) is 8.38. The second kappa shape index (κ2) is 3.65. The van der Waals surface area contributed by atoms with E-state index in [0.29, 0.717) is 0 Å². The summed E-state index contributed by atoms with van der Waals surface area (Å²) in [5.74, 6) is -1.56. The van der Waals surface area contributed by atoms with Gasteiger partial charge in [-0.3, -0.25) is 9.20 Å². The zero-order valence-corrected chi connectivity index (χ0v) is 8.38. The molecule has 0 atom stereocenters. The van der Waals surface area contributed by atoms with Crippen LogP contribution in [0.25, 0.3) is 5.65 Å². The summed E-state index contributed by atoms with van der Waals surface area (Å²) in [6.45, 7) is 0. The lowest BCUT2D eigenvalue weighted by Gasteiger charge is -2.04. The van der Waals surface area contributed by atoms with E-state index in [1.165, 1.54) is 6.20 Å². The van der Waals surface area contributed by atoms with E-state index in [1.807, 2.05) is 0 Å². The van der Waals surface area contributed by atoms with E-state index in [9.17, 15) is 14.7 Å². The Labute approximate surface area is 89.7 Å². The van der Waals surface area contributed by atoms with Gasteiger partial charge in [-0.2, -0.15) is 0 Å². The number of aromatic hydroxyl groups is 1. The number of hydrogen-bond donors (Lipinski definition) is 1. The number of carbonyl (C=O) groups excluding carboxylic acids is 1. The van der Waals surface area contributed by atoms with Gasteiger partial charge in [-0.1, -0.05) is 6.07 Å². The quantitative estimate of drug-likeness (QED) is 0.693. The lowest BCUT2D eigenvalue weighted by atomic mass is 10.3. The van der Waals surface area contributed by atoms with Crippen LogP contribution in [0.1, 0.15) is 10.5 Å². The van der Waals surface area contributed by atoms with Gasteiger partial charge in [-0.05, 0) is 12.1 Å². The standard InChI is InChI=1S/C10H8N2O4/c1-16-10(15)7-8(13)9(14)12-5-3-2-4-6(12)11-7/h2-5,13H,1H3. The fourth-order valence-electron chi connectivity index (χ4n) is 1.32. The van der Waals surface area contributed by atoms with Gasteiger partial charge in [0, 0.05) is 6.20 Å². The molecule has 0 saturated heterocycles. The maximum atomic E-state index is 11.6. The molecule has 1 N–H and O–H groups in total. The Hall–Kier alpha value is -2.37. The van der Waals surface area contributed by atoms with Gasteiger partial charge in [-0.25, -0.2) is 9.78 Å². The van der Waals surface area contributed by atoms with Gasteiger partial charge in [0.05, 0.1) is 7.11 Å². The van der Waals surface area contributed by atoms with Gasteiger partial charge >= 0.3 is 11.5 Å². The summed E-state index contributed by atoms with van der Waals surface area (Å²) in [5, 5.41) is 9.50. The first kappa shape index (κ1) is 10.2. The van der Waals surface area contributed by atoms with Crippen molar-refractivity contribution in [1.82, 2.24) is 9.38 Å². The van der Waals surface area contributed by atoms with Gasteiger partial charge in [0.2, 0.25) is 5.75 Å². The monoisotopic (exact) mass is 220 g/mol. The van der Waals surface area contributed by atoms with E-state index >= 15 is 0 Å². The van der Waals surface area contributed by atoms with Crippen LogP contribution in [-0.2, 0) is 4.74 Å². The van der Waals surface area contributed by atoms with E-state index in [-0.39, 0.29) is 11.3 Å². The van der Waals surface area contributed by atoms with Crippen molar-refractivity contribution < 1.29 is 14.6 Å². The average Bonchev–Trinajstić information content (AvgIpc) is 2.33. The maximum Gasteiger partial charge on any atom is 0.360 e. The summed E-state index contributed by atoms with van der Waals surface area (Å²) in [7, 11) is 1.15. The average molecular weight is 220 g/mol. The molecular formula is C10H8N2O4. The molecule has 0 aliphatic heterocycles. The highest BCUT2D eigenvalue weighted by molar-refractivity contribution is 5.90. The van der Waals surface area contributed by atoms with Gasteiger partial charge < -0.3 is 9.84 Å². The zero-order chi connectivity index (χ0) is 11.7. The molecule has 2 aromatic heterocycles. The van der Waals surface area contributed by atoms with Crippen LogP contribution < -0.4 is 5.56 Å². The smallest absolute Gasteiger partial charge is 0.360 e. The van der Waals surface area contributed by atoms with Gasteiger partial charge in [0.15, 0.2) is 5.69 Å². The molecule has 2 heterocycles. The minimum Gasteiger partial charge on any atom is -0.501 e. The van der Waals surface area contributed by atoms with Crippen molar-refractivity contribution in [1.29, 1.82) is 0 Å². The summed E-state index contributed by atoms with van der Waals surface area (Å²) in [6, 6.07) is 4.83. The Morgan fingerprint density at radius 3 is 2.94 bits per heavy atom. The Bertz CT molecular complexity index is 618. The lowest BCUT2D eigenvalue weighted by Crippen LogP contribution is -2.19. The van der Waals surface area contributed by atoms with E-state index in [4.69, 9.17) is 0 Å². The number of nitrogens with zero attached hydrogens (tertiary/aromatic N) is 2. The molecule has 2 rings (SSSR count). The van der Waals surface area contributed by atoms with Crippen molar-refractivity contribution in [3.05, 3.63) is 40.4 Å². The number of ether oxygens (including phenoxy) is 1. The number of fused-ring (bicyclic) bond motifs is 1. The Kier molecular flexibility index (Phi) is 2.32. The van der Waals surface area contributed by atoms with Crippen LogP contribution in [0.2, 0.25) is 0 Å². The second-order valence-electron chi connectivity index (χ2n) is 3.03. The number of esters is 1. The van der Waals surface area contributed by atoms with Crippen molar-refractivity contribution in [2.75, 3.05) is 7.11 Å². The fourth-order valence-corrected chi connectivity index (χ4v) is 1.32. The van der Waals surface area contributed by atoms with Crippen molar-refractivity contribution in [2.45, 2.75) is 0 Å². The van der Waals surface area contributed by atoms with Crippen molar-refractivity contribution in [2.24, 2.45) is 0 Å². The molecule has 0 radical (unpaired) electrons. The first-order chi connectivity index (χ1) is 7.65. The molecule has 0 saturated carbocycles. The van der Waals surface area contributed by atoms with Crippen LogP contribution in [0.15, 0.2) is 29.2 Å². The second-order valence-corrected chi connectivity index (χ2v) is 3.03. The summed E-state index contributed by atoms with van der Waals surface area (Å²) in [6.07, 6.45) is 1.45. The van der Waals surface area contributed by atoms with Crippen LogP contribution in [0.3, 0.4) is 0 Å². The van der Waals surface area contributed by atoms with Crippen molar-refractivity contribution >= 4 is 11.6 Å². The normalized spacial score (nSPS) is 10.3. The number of methoxy groups -OCH3 is 1. The topological polar surface area (TPSA) is 80.9 Å². The molecule has 0 aromatic carbocycles. The van der Waals surface area contributed by atoms with Gasteiger partial charge in [0.1, 0.15) is 5.65 Å². The number of pyridine rings is 1. The highest BCUT2D eigenvalue weighted by Gasteiger charge is 2.18. The SMILES string of the molecule is COC(=O)c1nc2ccccn2c(=O)c1O. The minimum atomic E-state index is -0.846. The molecule has 0 aliphatic rings. The number of carbonyl (C=O) groups is 1. The molecule has 6 nitrogen and oxygen atoms in total. The van der Waals surface area contributed by atoms with Gasteiger partial charge in [0.25, 0.3) is 0 Å². The first-order valence-corrected chi connectivity index (χ1v) is 4.44. The number of aromatic nitrogens is 2. The molecule has 6 heteroatoms. The Balaban J connectivity index is 2.84. The maximum absolute atomic E-state index is 11.6. The first-order valence-electron chi connectivity index (χ1n) is 4.44. The molecular weight excluding hydrogens is 212 g/mol. The predicted octanol–water partition coefficient (Wildman–Crippen LogP) is 0.187. The molecule has 0 amide bonds. The van der Waals surface area contributed by atoms with Crippen molar-refractivity contribution in [3.63, 3.8) is 0 Å². The van der Waals surface area contributed by atoms with Crippen LogP contribution in [0.4, 0.5) is 0 Å². The highest BCUT2D eigenvalue weighted by atomic mass is 16.5. The molecule has 0 bridgehead atoms. The molecule has 0 aliphatic carbocycles. The molecule has 0 fully saturated rings. The molecule has 0 spiro atoms. The Morgan fingerprint density at radius 2 is 2.25 bits per heavy atom. The third-order valence-electron chi connectivity index (χ3n) is 2.09. The molecule has 2 aromatic rings. The third kappa shape index (κ3) is 1.40. The summed E-state index contributed by atoms with van der Waals surface area (Å²) in [4.78, 5) is 26.7.